The lowest BCUT2D eigenvalue weighted by Crippen LogP contribution is -2.46. The summed E-state index contributed by atoms with van der Waals surface area (Å²) in [4.78, 5) is 25.0. The number of aromatic nitrogens is 2. The highest BCUT2D eigenvalue weighted by atomic mass is 19.4. The maximum Gasteiger partial charge on any atom is 0.425 e. The summed E-state index contributed by atoms with van der Waals surface area (Å²) in [7, 11) is 0. The molecular weight excluding hydrogens is 448 g/mol. The average molecular weight is 468 g/mol. The van der Waals surface area contributed by atoms with Gasteiger partial charge in [0.05, 0.1) is 18.0 Å². The van der Waals surface area contributed by atoms with Crippen LogP contribution in [0.25, 0.3) is 0 Å². The summed E-state index contributed by atoms with van der Waals surface area (Å²) in [6, 6.07) is 6.73. The number of anilines is 2. The van der Waals surface area contributed by atoms with Crippen LogP contribution in [0.3, 0.4) is 0 Å². The lowest BCUT2D eigenvalue weighted by atomic mass is 9.94. The molecule has 3 N–H and O–H groups in total. The molecule has 3 rings (SSSR count). The van der Waals surface area contributed by atoms with E-state index < -0.39 is 42.1 Å². The monoisotopic (exact) mass is 468 g/mol. The van der Waals surface area contributed by atoms with E-state index >= 15 is 0 Å². The number of carbonyl (C=O) groups is 2. The maximum atomic E-state index is 13.1. The molecule has 2 heterocycles. The predicted octanol–water partition coefficient (Wildman–Crippen LogP) is 3.34. The quantitative estimate of drug-likeness (QED) is 0.649. The highest BCUT2D eigenvalue weighted by Gasteiger charge is 2.41. The average Bonchev–Trinajstić information content (AvgIpc) is 3.18. The van der Waals surface area contributed by atoms with E-state index in [-0.39, 0.29) is 30.9 Å². The molecule has 1 aliphatic rings. The molecular formula is C20H20F4N6O3. The number of hydrogen-bond donors (Lipinski definition) is 2. The van der Waals surface area contributed by atoms with Crippen LogP contribution in [0.1, 0.15) is 29.7 Å². The Morgan fingerprint density at radius 1 is 1.33 bits per heavy atom. The number of nitriles is 1. The lowest BCUT2D eigenvalue weighted by molar-refractivity contribution is -0.200. The number of nitrogens with two attached hydrogens (primary N) is 1. The third kappa shape index (κ3) is 5.51. The van der Waals surface area contributed by atoms with Gasteiger partial charge >= 0.3 is 12.3 Å². The molecule has 1 saturated heterocycles. The first kappa shape index (κ1) is 23.8. The number of likely N-dealkylation sites (tertiary alicyclic amines) is 1. The molecule has 1 aliphatic heterocycles. The number of alkyl halides is 3. The third-order valence-corrected chi connectivity index (χ3v) is 5.18. The van der Waals surface area contributed by atoms with Crippen molar-refractivity contribution in [1.29, 1.82) is 5.26 Å². The van der Waals surface area contributed by atoms with Crippen LogP contribution in [0.15, 0.2) is 30.5 Å². The number of primary amides is 1. The van der Waals surface area contributed by atoms with Gasteiger partial charge in [-0.1, -0.05) is 0 Å². The summed E-state index contributed by atoms with van der Waals surface area (Å²) in [5.41, 5.74) is 5.89. The smallest absolute Gasteiger partial charge is 0.425 e. The molecule has 176 valence electrons. The summed E-state index contributed by atoms with van der Waals surface area (Å²) in [6.07, 6.45) is -6.63. The van der Waals surface area contributed by atoms with Crippen molar-refractivity contribution in [3.05, 3.63) is 41.8 Å². The molecule has 0 saturated carbocycles. The summed E-state index contributed by atoms with van der Waals surface area (Å²) < 4.78 is 56.9. The van der Waals surface area contributed by atoms with Gasteiger partial charge in [0, 0.05) is 25.0 Å². The van der Waals surface area contributed by atoms with E-state index in [2.05, 4.69) is 15.2 Å². The Bertz CT molecular complexity index is 1060. The highest BCUT2D eigenvalue weighted by molar-refractivity contribution is 5.98. The fraction of sp³-hybridized carbons (Fsp3) is 0.400. The Kier molecular flexibility index (Phi) is 6.75. The standard InChI is InChI=1S/C20H20F4N6O3/c1-11(20(22,23)24)33-19(32)29-7-6-16(12(8-25)9-29)30-10-15(17(26)31)18(28-30)27-14-4-2-13(21)3-5-14/h2-5,10-12,16H,6-7,9H2,1H3,(H2,26,31)(H,27,28)/t11?,12-,16-/m1/s1. The van der Waals surface area contributed by atoms with E-state index in [1.807, 2.05) is 6.07 Å². The zero-order valence-corrected chi connectivity index (χ0v) is 17.3. The molecule has 13 heteroatoms. The van der Waals surface area contributed by atoms with Gasteiger partial charge in [0.2, 0.25) is 0 Å². The van der Waals surface area contributed by atoms with Gasteiger partial charge in [0.25, 0.3) is 5.91 Å². The number of rotatable bonds is 5. The Hall–Kier alpha value is -3.82. The third-order valence-electron chi connectivity index (χ3n) is 5.18. The Morgan fingerprint density at radius 3 is 2.58 bits per heavy atom. The molecule has 0 radical (unpaired) electrons. The van der Waals surface area contributed by atoms with E-state index in [1.165, 1.54) is 35.1 Å². The van der Waals surface area contributed by atoms with Crippen molar-refractivity contribution in [2.45, 2.75) is 31.7 Å². The van der Waals surface area contributed by atoms with Crippen LogP contribution in [0.4, 0.5) is 33.9 Å². The molecule has 0 aliphatic carbocycles. The minimum absolute atomic E-state index is 0.0126. The molecule has 1 unspecified atom stereocenters. The second-order valence-electron chi connectivity index (χ2n) is 7.47. The van der Waals surface area contributed by atoms with Gasteiger partial charge in [-0.3, -0.25) is 9.48 Å². The molecule has 2 aromatic rings. The minimum Gasteiger partial charge on any atom is -0.437 e. The van der Waals surface area contributed by atoms with Crippen molar-refractivity contribution in [3.63, 3.8) is 0 Å². The predicted molar refractivity (Wildman–Crippen MR) is 107 cm³/mol. The van der Waals surface area contributed by atoms with Crippen LogP contribution in [-0.4, -0.2) is 52.1 Å². The minimum atomic E-state index is -4.70. The van der Waals surface area contributed by atoms with E-state index in [1.54, 1.807) is 0 Å². The summed E-state index contributed by atoms with van der Waals surface area (Å²) >= 11 is 0. The Labute approximate surface area is 185 Å². The largest absolute Gasteiger partial charge is 0.437 e. The topological polar surface area (TPSA) is 126 Å². The van der Waals surface area contributed by atoms with Crippen molar-refractivity contribution >= 4 is 23.5 Å². The molecule has 1 aromatic heterocycles. The zero-order chi connectivity index (χ0) is 24.3. The van der Waals surface area contributed by atoms with Gasteiger partial charge in [-0.2, -0.15) is 23.5 Å². The van der Waals surface area contributed by atoms with Gasteiger partial charge in [-0.15, -0.1) is 0 Å². The van der Waals surface area contributed by atoms with Gasteiger partial charge in [0.1, 0.15) is 11.4 Å². The molecule has 1 fully saturated rings. The normalized spacial score (nSPS) is 19.5. The first-order chi connectivity index (χ1) is 15.5. The number of nitrogens with one attached hydrogen (secondary N) is 1. The Balaban J connectivity index is 1.76. The fourth-order valence-corrected chi connectivity index (χ4v) is 3.35. The number of nitrogens with zero attached hydrogens (tertiary/aromatic N) is 4. The van der Waals surface area contributed by atoms with E-state index in [0.717, 1.165) is 11.8 Å². The second kappa shape index (κ2) is 9.35. The SMILES string of the molecule is CC(OC(=O)N1CC[C@@H](n2cc(C(N)=O)c(Nc3ccc(F)cc3)n2)[C@H](C#N)C1)C(F)(F)F. The number of carbonyl (C=O) groups excluding carboxylic acids is 2. The van der Waals surface area contributed by atoms with Gasteiger partial charge in [0.15, 0.2) is 11.9 Å². The lowest BCUT2D eigenvalue weighted by Gasteiger charge is -2.35. The number of hydrogen-bond acceptors (Lipinski definition) is 6. The zero-order valence-electron chi connectivity index (χ0n) is 17.3. The molecule has 2 amide bonds. The Morgan fingerprint density at radius 2 is 2.00 bits per heavy atom. The highest BCUT2D eigenvalue weighted by Crippen LogP contribution is 2.31. The number of halogens is 4. The van der Waals surface area contributed by atoms with Gasteiger partial charge in [-0.05, 0) is 37.6 Å². The van der Waals surface area contributed by atoms with Gasteiger partial charge in [-0.25, -0.2) is 9.18 Å². The second-order valence-corrected chi connectivity index (χ2v) is 7.47. The van der Waals surface area contributed by atoms with Crippen molar-refractivity contribution in [1.82, 2.24) is 14.7 Å². The van der Waals surface area contributed by atoms with Crippen molar-refractivity contribution in [3.8, 4) is 6.07 Å². The van der Waals surface area contributed by atoms with E-state index in [4.69, 9.17) is 5.73 Å². The number of benzene rings is 1. The van der Waals surface area contributed by atoms with Crippen LogP contribution in [-0.2, 0) is 4.74 Å². The summed E-state index contributed by atoms with van der Waals surface area (Å²) in [6.45, 7) is 0.549. The van der Waals surface area contributed by atoms with Crippen LogP contribution in [0, 0.1) is 23.1 Å². The number of ether oxygens (including phenoxy) is 1. The van der Waals surface area contributed by atoms with Crippen molar-refractivity contribution in [2.75, 3.05) is 18.4 Å². The van der Waals surface area contributed by atoms with Crippen molar-refractivity contribution < 1.29 is 31.9 Å². The van der Waals surface area contributed by atoms with Crippen LogP contribution < -0.4 is 11.1 Å². The van der Waals surface area contributed by atoms with E-state index in [0.29, 0.717) is 5.69 Å². The molecule has 3 atom stereocenters. The first-order valence-corrected chi connectivity index (χ1v) is 9.83. The summed E-state index contributed by atoms with van der Waals surface area (Å²) in [5, 5.41) is 16.7. The molecule has 1 aromatic carbocycles. The van der Waals surface area contributed by atoms with Crippen LogP contribution >= 0.6 is 0 Å². The molecule has 9 nitrogen and oxygen atoms in total. The van der Waals surface area contributed by atoms with Gasteiger partial charge < -0.3 is 20.7 Å². The first-order valence-electron chi connectivity index (χ1n) is 9.83. The van der Waals surface area contributed by atoms with Crippen LogP contribution in [0.5, 0.6) is 0 Å². The van der Waals surface area contributed by atoms with E-state index in [9.17, 15) is 32.4 Å². The number of amides is 2. The summed E-state index contributed by atoms with van der Waals surface area (Å²) in [5.74, 6) is -1.99. The molecule has 0 spiro atoms. The molecule has 33 heavy (non-hydrogen) atoms. The number of piperidine rings is 1. The fourth-order valence-electron chi connectivity index (χ4n) is 3.35. The maximum absolute atomic E-state index is 13.1. The molecule has 0 bridgehead atoms. The van der Waals surface area contributed by atoms with Crippen LogP contribution in [0.2, 0.25) is 0 Å². The van der Waals surface area contributed by atoms with Crippen molar-refractivity contribution in [2.24, 2.45) is 11.7 Å².